The van der Waals surface area contributed by atoms with E-state index in [2.05, 4.69) is 15.2 Å². The second-order valence-corrected chi connectivity index (χ2v) is 9.00. The number of piperidine rings is 2. The fraction of sp³-hybridized carbons (Fsp3) is 0.524. The van der Waals surface area contributed by atoms with Crippen LogP contribution in [0.25, 0.3) is 0 Å². The molecule has 0 spiro atoms. The van der Waals surface area contributed by atoms with Gasteiger partial charge in [-0.15, -0.1) is 0 Å². The van der Waals surface area contributed by atoms with E-state index in [0.717, 1.165) is 17.4 Å². The third-order valence-corrected chi connectivity index (χ3v) is 6.64. The largest absolute Gasteiger partial charge is 0.509 e. The first-order valence-corrected chi connectivity index (χ1v) is 11.4. The lowest BCUT2D eigenvalue weighted by Gasteiger charge is -2.42. The third-order valence-electron chi connectivity index (χ3n) is 6.64. The van der Waals surface area contributed by atoms with Crippen LogP contribution < -0.4 is 21.4 Å². The molecule has 11 nitrogen and oxygen atoms in total. The SMILES string of the molecule is Cn1cc(B(O)O)nc(Nc2ccc(N3CCC(N4CCC(F)(F)CC4)CC3)c([N+](=O)[O-])c2)c1=O. The minimum Gasteiger partial charge on any atom is -0.422 e. The Morgan fingerprint density at radius 2 is 1.86 bits per heavy atom. The number of nitrogens with zero attached hydrogens (tertiary/aromatic N) is 5. The number of hydrogen-bond acceptors (Lipinski definition) is 9. The zero-order valence-corrected chi connectivity index (χ0v) is 19.2. The lowest BCUT2D eigenvalue weighted by atomic mass is 9.87. The Balaban J connectivity index is 1.48. The van der Waals surface area contributed by atoms with Crippen LogP contribution in [0.2, 0.25) is 0 Å². The van der Waals surface area contributed by atoms with E-state index in [-0.39, 0.29) is 41.7 Å². The predicted octanol–water partition coefficient (Wildman–Crippen LogP) is 0.812. The van der Waals surface area contributed by atoms with Gasteiger partial charge in [0.25, 0.3) is 17.2 Å². The molecular weight excluding hydrogens is 465 g/mol. The van der Waals surface area contributed by atoms with Crippen molar-refractivity contribution in [3.05, 3.63) is 44.9 Å². The number of nitrogens with one attached hydrogen (secondary N) is 1. The van der Waals surface area contributed by atoms with E-state index in [1.54, 1.807) is 12.1 Å². The summed E-state index contributed by atoms with van der Waals surface area (Å²) in [7, 11) is -0.463. The Bertz CT molecular complexity index is 1150. The summed E-state index contributed by atoms with van der Waals surface area (Å²) in [4.78, 5) is 31.6. The van der Waals surface area contributed by atoms with Gasteiger partial charge in [-0.1, -0.05) is 0 Å². The van der Waals surface area contributed by atoms with Crippen molar-refractivity contribution in [2.45, 2.75) is 37.6 Å². The molecule has 14 heteroatoms. The van der Waals surface area contributed by atoms with Gasteiger partial charge in [-0.05, 0) is 25.0 Å². The highest BCUT2D eigenvalue weighted by atomic mass is 19.3. The lowest BCUT2D eigenvalue weighted by Crippen LogP contribution is -2.49. The van der Waals surface area contributed by atoms with Gasteiger partial charge in [-0.2, -0.15) is 0 Å². The number of hydrogen-bond donors (Lipinski definition) is 3. The number of halogens is 2. The normalized spacial score (nSPS) is 18.9. The second-order valence-electron chi connectivity index (χ2n) is 9.00. The number of likely N-dealkylation sites (tertiary alicyclic amines) is 1. The van der Waals surface area contributed by atoms with Crippen molar-refractivity contribution in [3.8, 4) is 0 Å². The van der Waals surface area contributed by atoms with Crippen LogP contribution in [0.4, 0.5) is 31.7 Å². The maximum absolute atomic E-state index is 13.5. The molecule has 35 heavy (non-hydrogen) atoms. The van der Waals surface area contributed by atoms with Gasteiger partial charge in [0.2, 0.25) is 0 Å². The number of rotatable bonds is 6. The maximum atomic E-state index is 13.5. The molecule has 0 aliphatic carbocycles. The molecule has 0 atom stereocenters. The monoisotopic (exact) mass is 492 g/mol. The van der Waals surface area contributed by atoms with E-state index in [1.165, 1.54) is 19.3 Å². The van der Waals surface area contributed by atoms with Gasteiger partial charge in [0.05, 0.1) is 10.5 Å². The molecule has 0 bridgehead atoms. The third kappa shape index (κ3) is 5.60. The molecule has 2 aliphatic heterocycles. The molecule has 2 fully saturated rings. The summed E-state index contributed by atoms with van der Waals surface area (Å²) < 4.78 is 28.1. The summed E-state index contributed by atoms with van der Waals surface area (Å²) in [5.41, 5.74) is -0.163. The smallest absolute Gasteiger partial charge is 0.422 e. The van der Waals surface area contributed by atoms with Gasteiger partial charge in [-0.3, -0.25) is 19.8 Å². The van der Waals surface area contributed by atoms with Crippen LogP contribution in [-0.4, -0.2) is 74.7 Å². The van der Waals surface area contributed by atoms with Crippen LogP contribution in [-0.2, 0) is 7.05 Å². The number of alkyl halides is 2. The van der Waals surface area contributed by atoms with Gasteiger partial charge in [-0.25, -0.2) is 13.8 Å². The van der Waals surface area contributed by atoms with Crippen LogP contribution in [0.3, 0.4) is 0 Å². The van der Waals surface area contributed by atoms with E-state index < -0.39 is 23.5 Å². The molecule has 2 saturated heterocycles. The van der Waals surface area contributed by atoms with Crippen LogP contribution in [0.15, 0.2) is 29.2 Å². The maximum Gasteiger partial charge on any atom is 0.509 e. The fourth-order valence-electron chi connectivity index (χ4n) is 4.68. The second kappa shape index (κ2) is 9.87. The topological polar surface area (TPSA) is 137 Å². The number of benzene rings is 1. The number of anilines is 3. The predicted molar refractivity (Wildman–Crippen MR) is 127 cm³/mol. The summed E-state index contributed by atoms with van der Waals surface area (Å²) in [6, 6.07) is 4.66. The van der Waals surface area contributed by atoms with Crippen LogP contribution in [0.1, 0.15) is 25.7 Å². The van der Waals surface area contributed by atoms with Crippen molar-refractivity contribution in [2.24, 2.45) is 7.05 Å². The Morgan fingerprint density at radius 1 is 1.20 bits per heavy atom. The molecule has 1 aromatic heterocycles. The number of nitro groups is 1. The van der Waals surface area contributed by atoms with Crippen LogP contribution in [0.5, 0.6) is 0 Å². The van der Waals surface area contributed by atoms with Gasteiger partial charge in [0.15, 0.2) is 5.82 Å². The molecule has 0 radical (unpaired) electrons. The average molecular weight is 492 g/mol. The Hall–Kier alpha value is -3.10. The number of aryl methyl sites for hydroxylation is 1. The summed E-state index contributed by atoms with van der Waals surface area (Å²) in [6.07, 6.45) is 2.36. The highest BCUT2D eigenvalue weighted by Gasteiger charge is 2.37. The van der Waals surface area contributed by atoms with Crippen molar-refractivity contribution in [1.29, 1.82) is 0 Å². The molecule has 188 valence electrons. The van der Waals surface area contributed by atoms with Gasteiger partial charge in [0, 0.05) is 70.1 Å². The van der Waals surface area contributed by atoms with E-state index in [4.69, 9.17) is 0 Å². The molecule has 2 aromatic rings. The Labute approximate surface area is 200 Å². The average Bonchev–Trinajstić information content (AvgIpc) is 2.82. The first-order chi connectivity index (χ1) is 16.5. The van der Waals surface area contributed by atoms with Crippen molar-refractivity contribution in [1.82, 2.24) is 14.5 Å². The first-order valence-electron chi connectivity index (χ1n) is 11.4. The minimum absolute atomic E-state index is 0.134. The zero-order chi connectivity index (χ0) is 25.3. The molecule has 2 aliphatic rings. The van der Waals surface area contributed by atoms with Crippen molar-refractivity contribution >= 4 is 35.6 Å². The molecule has 3 N–H and O–H groups in total. The van der Waals surface area contributed by atoms with E-state index in [1.807, 2.05) is 4.90 Å². The van der Waals surface area contributed by atoms with Crippen molar-refractivity contribution in [3.63, 3.8) is 0 Å². The zero-order valence-electron chi connectivity index (χ0n) is 19.2. The Morgan fingerprint density at radius 3 is 2.46 bits per heavy atom. The summed E-state index contributed by atoms with van der Waals surface area (Å²) in [6.45, 7) is 1.84. The molecule has 1 aromatic carbocycles. The highest BCUT2D eigenvalue weighted by Crippen LogP contribution is 2.35. The van der Waals surface area contributed by atoms with E-state index in [0.29, 0.717) is 31.9 Å². The van der Waals surface area contributed by atoms with Crippen molar-refractivity contribution < 1.29 is 23.8 Å². The van der Waals surface area contributed by atoms with Crippen LogP contribution in [0, 0.1) is 10.1 Å². The van der Waals surface area contributed by atoms with Crippen LogP contribution >= 0.6 is 0 Å². The standard InChI is InChI=1S/C21H27BF2N6O5/c1-27-13-18(22(32)33)26-19(20(27)31)25-14-2-3-16(17(12-14)30(34)35)29-8-4-15(5-9-29)28-10-6-21(23,24)7-11-28/h2-3,12-13,15,32-33H,4-11H2,1H3,(H,25,26). The molecule has 3 heterocycles. The molecule has 4 rings (SSSR count). The quantitative estimate of drug-likeness (QED) is 0.304. The van der Waals surface area contributed by atoms with Crippen molar-refractivity contribution in [2.75, 3.05) is 36.4 Å². The number of nitro benzene ring substituents is 1. The summed E-state index contributed by atoms with van der Waals surface area (Å²) >= 11 is 0. The fourth-order valence-corrected chi connectivity index (χ4v) is 4.68. The molecular formula is C21H27BF2N6O5. The first kappa shape index (κ1) is 25.0. The molecule has 0 unspecified atom stereocenters. The number of aromatic nitrogens is 2. The summed E-state index contributed by atoms with van der Waals surface area (Å²) in [5, 5.41) is 33.3. The molecule has 0 amide bonds. The van der Waals surface area contributed by atoms with E-state index in [9.17, 15) is 33.7 Å². The molecule has 0 saturated carbocycles. The lowest BCUT2D eigenvalue weighted by molar-refractivity contribution is -0.384. The summed E-state index contributed by atoms with van der Waals surface area (Å²) in [5.74, 6) is -2.79. The van der Waals surface area contributed by atoms with Gasteiger partial charge < -0.3 is 24.8 Å². The highest BCUT2D eigenvalue weighted by molar-refractivity contribution is 6.57. The minimum atomic E-state index is -2.59. The van der Waals surface area contributed by atoms with Gasteiger partial charge >= 0.3 is 7.12 Å². The van der Waals surface area contributed by atoms with E-state index >= 15 is 0 Å². The Kier molecular flexibility index (Phi) is 7.06. The van der Waals surface area contributed by atoms with Gasteiger partial charge in [0.1, 0.15) is 5.69 Å².